The van der Waals surface area contributed by atoms with Gasteiger partial charge in [-0.05, 0) is 30.2 Å². The van der Waals surface area contributed by atoms with Gasteiger partial charge in [0.1, 0.15) is 5.01 Å². The van der Waals surface area contributed by atoms with Crippen molar-refractivity contribution in [3.05, 3.63) is 34.8 Å². The number of carbonyl (C=O) groups excluding carboxylic acids is 2. The van der Waals surface area contributed by atoms with Crippen LogP contribution in [0.1, 0.15) is 42.6 Å². The van der Waals surface area contributed by atoms with Crippen LogP contribution < -0.4 is 10.6 Å². The van der Waals surface area contributed by atoms with Crippen molar-refractivity contribution in [1.82, 2.24) is 10.2 Å². The smallest absolute Gasteiger partial charge is 0.257 e. The molecule has 2 amide bonds. The summed E-state index contributed by atoms with van der Waals surface area (Å²) in [5, 5.41) is 14.9. The lowest BCUT2D eigenvalue weighted by Gasteiger charge is -2.05. The zero-order valence-corrected chi connectivity index (χ0v) is 14.2. The van der Waals surface area contributed by atoms with E-state index in [2.05, 4.69) is 34.7 Å². The van der Waals surface area contributed by atoms with Crippen LogP contribution in [0.4, 0.5) is 10.8 Å². The second-order valence-corrected chi connectivity index (χ2v) is 6.59. The summed E-state index contributed by atoms with van der Waals surface area (Å²) in [6.07, 6.45) is 1.26. The number of nitrogens with zero attached hydrogens (tertiary/aromatic N) is 2. The summed E-state index contributed by atoms with van der Waals surface area (Å²) in [6.45, 7) is 6.00. The van der Waals surface area contributed by atoms with E-state index in [4.69, 9.17) is 0 Å². The molecule has 1 aromatic heterocycles. The Labute approximate surface area is 139 Å². The van der Waals surface area contributed by atoms with Gasteiger partial charge in [-0.3, -0.25) is 14.9 Å². The van der Waals surface area contributed by atoms with Crippen molar-refractivity contribution >= 4 is 34.0 Å². The summed E-state index contributed by atoms with van der Waals surface area (Å²) >= 11 is 1.39. The maximum Gasteiger partial charge on any atom is 0.257 e. The first-order valence-corrected chi connectivity index (χ1v) is 8.33. The summed E-state index contributed by atoms with van der Waals surface area (Å²) in [6, 6.07) is 6.73. The average Bonchev–Trinajstić information content (AvgIpc) is 2.94. The Morgan fingerprint density at radius 1 is 1.13 bits per heavy atom. The number of anilines is 2. The molecule has 23 heavy (non-hydrogen) atoms. The first-order valence-electron chi connectivity index (χ1n) is 7.51. The Kier molecular flexibility index (Phi) is 5.81. The van der Waals surface area contributed by atoms with Crippen molar-refractivity contribution in [2.45, 2.75) is 33.6 Å². The van der Waals surface area contributed by atoms with Gasteiger partial charge in [-0.25, -0.2) is 0 Å². The zero-order valence-electron chi connectivity index (χ0n) is 13.4. The molecule has 2 rings (SSSR count). The number of amides is 2. The fraction of sp³-hybridized carbons (Fsp3) is 0.375. The predicted octanol–water partition coefficient (Wildman–Crippen LogP) is 3.34. The first kappa shape index (κ1) is 17.1. The van der Waals surface area contributed by atoms with Gasteiger partial charge in [-0.2, -0.15) is 0 Å². The van der Waals surface area contributed by atoms with Crippen molar-refractivity contribution in [2.75, 3.05) is 10.6 Å². The topological polar surface area (TPSA) is 84.0 Å². The van der Waals surface area contributed by atoms with Crippen LogP contribution in [0.3, 0.4) is 0 Å². The Morgan fingerprint density at radius 3 is 2.43 bits per heavy atom. The molecule has 1 heterocycles. The molecule has 0 radical (unpaired) electrons. The molecule has 0 atom stereocenters. The van der Waals surface area contributed by atoms with Gasteiger partial charge in [0.2, 0.25) is 11.0 Å². The molecule has 0 aliphatic rings. The maximum atomic E-state index is 12.2. The van der Waals surface area contributed by atoms with E-state index < -0.39 is 0 Å². The summed E-state index contributed by atoms with van der Waals surface area (Å²) in [5.74, 6) is 0.191. The maximum absolute atomic E-state index is 12.2. The van der Waals surface area contributed by atoms with E-state index in [1.54, 1.807) is 31.2 Å². The Balaban J connectivity index is 1.97. The minimum atomic E-state index is -0.245. The SMILES string of the molecule is CCC(=O)Nc1ccc(C(=O)Nc2nnc(CC(C)C)s2)cc1. The van der Waals surface area contributed by atoms with Crippen LogP contribution in [0.5, 0.6) is 0 Å². The van der Waals surface area contributed by atoms with Gasteiger partial charge in [0.15, 0.2) is 0 Å². The number of carbonyl (C=O) groups is 2. The van der Waals surface area contributed by atoms with E-state index in [1.807, 2.05) is 0 Å². The highest BCUT2D eigenvalue weighted by Crippen LogP contribution is 2.19. The lowest BCUT2D eigenvalue weighted by Crippen LogP contribution is -2.12. The van der Waals surface area contributed by atoms with E-state index in [9.17, 15) is 9.59 Å². The monoisotopic (exact) mass is 332 g/mol. The lowest BCUT2D eigenvalue weighted by molar-refractivity contribution is -0.115. The molecular formula is C16H20N4O2S. The Morgan fingerprint density at radius 2 is 1.83 bits per heavy atom. The molecule has 1 aromatic carbocycles. The minimum Gasteiger partial charge on any atom is -0.326 e. The third kappa shape index (κ3) is 5.14. The van der Waals surface area contributed by atoms with Crippen LogP contribution in [0.2, 0.25) is 0 Å². The molecule has 122 valence electrons. The van der Waals surface area contributed by atoms with Crippen LogP contribution in [0.15, 0.2) is 24.3 Å². The summed E-state index contributed by atoms with van der Waals surface area (Å²) in [4.78, 5) is 23.5. The molecular weight excluding hydrogens is 312 g/mol. The first-order chi connectivity index (χ1) is 11.0. The molecule has 0 unspecified atom stereocenters. The van der Waals surface area contributed by atoms with Crippen molar-refractivity contribution in [1.29, 1.82) is 0 Å². The second-order valence-electron chi connectivity index (χ2n) is 5.53. The van der Waals surface area contributed by atoms with E-state index in [-0.39, 0.29) is 11.8 Å². The minimum absolute atomic E-state index is 0.0613. The van der Waals surface area contributed by atoms with E-state index in [1.165, 1.54) is 11.3 Å². The van der Waals surface area contributed by atoms with Gasteiger partial charge in [-0.15, -0.1) is 10.2 Å². The highest BCUT2D eigenvalue weighted by atomic mass is 32.1. The molecule has 0 aliphatic carbocycles. The molecule has 0 fully saturated rings. The largest absolute Gasteiger partial charge is 0.326 e. The van der Waals surface area contributed by atoms with Crippen LogP contribution in [0.25, 0.3) is 0 Å². The Hall–Kier alpha value is -2.28. The number of hydrogen-bond donors (Lipinski definition) is 2. The number of benzene rings is 1. The average molecular weight is 332 g/mol. The number of rotatable bonds is 6. The van der Waals surface area contributed by atoms with E-state index in [0.29, 0.717) is 28.7 Å². The molecule has 6 nitrogen and oxygen atoms in total. The van der Waals surface area contributed by atoms with Crippen molar-refractivity contribution in [3.63, 3.8) is 0 Å². The third-order valence-electron chi connectivity index (χ3n) is 3.02. The van der Waals surface area contributed by atoms with Gasteiger partial charge in [0.25, 0.3) is 5.91 Å². The zero-order chi connectivity index (χ0) is 16.8. The lowest BCUT2D eigenvalue weighted by atomic mass is 10.1. The van der Waals surface area contributed by atoms with Crippen molar-refractivity contribution < 1.29 is 9.59 Å². The summed E-state index contributed by atoms with van der Waals surface area (Å²) in [5.41, 5.74) is 1.17. The molecule has 0 saturated heterocycles. The number of hydrogen-bond acceptors (Lipinski definition) is 5. The molecule has 0 bridgehead atoms. The predicted molar refractivity (Wildman–Crippen MR) is 91.8 cm³/mol. The van der Waals surface area contributed by atoms with Gasteiger partial charge in [0, 0.05) is 24.1 Å². The fourth-order valence-corrected chi connectivity index (χ4v) is 2.81. The normalized spacial score (nSPS) is 10.6. The Bertz CT molecular complexity index is 680. The molecule has 0 aliphatic heterocycles. The van der Waals surface area contributed by atoms with Gasteiger partial charge in [-0.1, -0.05) is 32.1 Å². The summed E-state index contributed by atoms with van der Waals surface area (Å²) < 4.78 is 0. The van der Waals surface area contributed by atoms with Crippen molar-refractivity contribution in [3.8, 4) is 0 Å². The van der Waals surface area contributed by atoms with E-state index in [0.717, 1.165) is 11.4 Å². The van der Waals surface area contributed by atoms with E-state index >= 15 is 0 Å². The molecule has 2 aromatic rings. The molecule has 0 saturated carbocycles. The van der Waals surface area contributed by atoms with Crippen LogP contribution in [-0.4, -0.2) is 22.0 Å². The highest BCUT2D eigenvalue weighted by Gasteiger charge is 2.11. The quantitative estimate of drug-likeness (QED) is 0.850. The number of aromatic nitrogens is 2. The summed E-state index contributed by atoms with van der Waals surface area (Å²) in [7, 11) is 0. The van der Waals surface area contributed by atoms with Gasteiger partial charge in [0.05, 0.1) is 0 Å². The van der Waals surface area contributed by atoms with Crippen LogP contribution in [0, 0.1) is 5.92 Å². The standard InChI is InChI=1S/C16H20N4O2S/c1-4-13(21)17-12-7-5-11(6-8-12)15(22)18-16-20-19-14(23-16)9-10(2)3/h5-8,10H,4,9H2,1-3H3,(H,17,21)(H,18,20,22). The third-order valence-corrected chi connectivity index (χ3v) is 3.88. The second kappa shape index (κ2) is 7.82. The molecule has 7 heteroatoms. The highest BCUT2D eigenvalue weighted by molar-refractivity contribution is 7.15. The fourth-order valence-electron chi connectivity index (χ4n) is 1.86. The van der Waals surface area contributed by atoms with Crippen LogP contribution in [-0.2, 0) is 11.2 Å². The number of nitrogens with one attached hydrogen (secondary N) is 2. The van der Waals surface area contributed by atoms with Crippen molar-refractivity contribution in [2.24, 2.45) is 5.92 Å². The molecule has 0 spiro atoms. The molecule has 2 N–H and O–H groups in total. The van der Waals surface area contributed by atoms with Gasteiger partial charge < -0.3 is 5.32 Å². The van der Waals surface area contributed by atoms with Gasteiger partial charge >= 0.3 is 0 Å². The van der Waals surface area contributed by atoms with Crippen LogP contribution >= 0.6 is 11.3 Å².